The zero-order chi connectivity index (χ0) is 13.2. The molecule has 2 atom stereocenters. The van der Waals surface area contributed by atoms with Gasteiger partial charge in [-0.25, -0.2) is 0 Å². The molecule has 1 fully saturated rings. The van der Waals surface area contributed by atoms with Crippen molar-refractivity contribution in [3.05, 3.63) is 29.8 Å². The Hall–Kier alpha value is -1.55. The minimum atomic E-state index is -0.326. The third-order valence-corrected chi connectivity index (χ3v) is 4.06. The Balaban J connectivity index is 1.66. The SMILES string of the molecule is CNC1CCCN(C(=O)C2Cc3ccccc3O2)C1. The van der Waals surface area contributed by atoms with Crippen LogP contribution in [0.25, 0.3) is 0 Å². The summed E-state index contributed by atoms with van der Waals surface area (Å²) >= 11 is 0. The second kappa shape index (κ2) is 5.21. The molecule has 0 aromatic heterocycles. The minimum absolute atomic E-state index is 0.135. The molecular formula is C15H20N2O2. The third-order valence-electron chi connectivity index (χ3n) is 4.06. The average molecular weight is 260 g/mol. The van der Waals surface area contributed by atoms with Gasteiger partial charge in [-0.05, 0) is 31.5 Å². The first-order valence-corrected chi connectivity index (χ1v) is 6.98. The first kappa shape index (κ1) is 12.5. The maximum absolute atomic E-state index is 12.5. The number of amides is 1. The van der Waals surface area contributed by atoms with Crippen molar-refractivity contribution in [2.24, 2.45) is 0 Å². The lowest BCUT2D eigenvalue weighted by Crippen LogP contribution is -2.50. The normalized spacial score (nSPS) is 25.8. The average Bonchev–Trinajstić information content (AvgIpc) is 2.90. The van der Waals surface area contributed by atoms with Crippen molar-refractivity contribution in [3.63, 3.8) is 0 Å². The van der Waals surface area contributed by atoms with E-state index in [2.05, 4.69) is 5.32 Å². The molecule has 19 heavy (non-hydrogen) atoms. The van der Waals surface area contributed by atoms with E-state index in [9.17, 15) is 4.79 Å². The molecule has 1 aromatic rings. The number of ether oxygens (including phenoxy) is 1. The van der Waals surface area contributed by atoms with Crippen LogP contribution in [0, 0.1) is 0 Å². The first-order chi connectivity index (χ1) is 9.28. The van der Waals surface area contributed by atoms with Gasteiger partial charge in [0.2, 0.25) is 0 Å². The van der Waals surface area contributed by atoms with Gasteiger partial charge in [0.05, 0.1) is 0 Å². The van der Waals surface area contributed by atoms with E-state index in [1.165, 1.54) is 0 Å². The number of nitrogens with zero attached hydrogens (tertiary/aromatic N) is 1. The van der Waals surface area contributed by atoms with Crippen LogP contribution in [0.3, 0.4) is 0 Å². The molecule has 0 radical (unpaired) electrons. The topological polar surface area (TPSA) is 41.6 Å². The van der Waals surface area contributed by atoms with Crippen LogP contribution in [0.1, 0.15) is 18.4 Å². The van der Waals surface area contributed by atoms with Crippen molar-refractivity contribution in [3.8, 4) is 5.75 Å². The molecule has 2 aliphatic rings. The van der Waals surface area contributed by atoms with Gasteiger partial charge < -0.3 is 15.0 Å². The van der Waals surface area contributed by atoms with Crippen molar-refractivity contribution < 1.29 is 9.53 Å². The zero-order valence-electron chi connectivity index (χ0n) is 11.3. The minimum Gasteiger partial charge on any atom is -0.480 e. The van der Waals surface area contributed by atoms with E-state index in [4.69, 9.17) is 4.74 Å². The summed E-state index contributed by atoms with van der Waals surface area (Å²) in [5, 5.41) is 3.26. The van der Waals surface area contributed by atoms with Gasteiger partial charge in [-0.15, -0.1) is 0 Å². The molecule has 0 spiro atoms. The number of para-hydroxylation sites is 1. The van der Waals surface area contributed by atoms with E-state index < -0.39 is 0 Å². The highest BCUT2D eigenvalue weighted by Gasteiger charge is 2.33. The fourth-order valence-electron chi connectivity index (χ4n) is 2.94. The first-order valence-electron chi connectivity index (χ1n) is 6.98. The van der Waals surface area contributed by atoms with Gasteiger partial charge in [0.25, 0.3) is 5.91 Å². The molecule has 3 rings (SSSR count). The summed E-state index contributed by atoms with van der Waals surface area (Å²) in [6.45, 7) is 1.65. The fraction of sp³-hybridized carbons (Fsp3) is 0.533. The summed E-state index contributed by atoms with van der Waals surface area (Å²) < 4.78 is 5.78. The largest absolute Gasteiger partial charge is 0.480 e. The van der Waals surface area contributed by atoms with Crippen LogP contribution in [-0.4, -0.2) is 43.1 Å². The lowest BCUT2D eigenvalue weighted by Gasteiger charge is -2.33. The van der Waals surface area contributed by atoms with Gasteiger partial charge in [0.1, 0.15) is 5.75 Å². The second-order valence-corrected chi connectivity index (χ2v) is 5.33. The number of hydrogen-bond donors (Lipinski definition) is 1. The smallest absolute Gasteiger partial charge is 0.264 e. The second-order valence-electron chi connectivity index (χ2n) is 5.33. The standard InChI is InChI=1S/C15H20N2O2/c1-16-12-6-4-8-17(10-12)15(18)14-9-11-5-2-3-7-13(11)19-14/h2-3,5,7,12,14,16H,4,6,8-10H2,1H3. The van der Waals surface area contributed by atoms with Crippen LogP contribution in [-0.2, 0) is 11.2 Å². The summed E-state index contributed by atoms with van der Waals surface area (Å²) in [5.41, 5.74) is 1.14. The number of hydrogen-bond acceptors (Lipinski definition) is 3. The van der Waals surface area contributed by atoms with Gasteiger partial charge in [-0.3, -0.25) is 4.79 Å². The van der Waals surface area contributed by atoms with Crippen LogP contribution >= 0.6 is 0 Å². The highest BCUT2D eigenvalue weighted by atomic mass is 16.5. The van der Waals surface area contributed by atoms with E-state index in [1.807, 2.05) is 36.2 Å². The van der Waals surface area contributed by atoms with E-state index in [1.54, 1.807) is 0 Å². The van der Waals surface area contributed by atoms with Crippen molar-refractivity contribution in [1.82, 2.24) is 10.2 Å². The number of likely N-dealkylation sites (N-methyl/N-ethyl adjacent to an activating group) is 1. The molecule has 0 aliphatic carbocycles. The van der Waals surface area contributed by atoms with Gasteiger partial charge >= 0.3 is 0 Å². The van der Waals surface area contributed by atoms with E-state index in [0.717, 1.165) is 37.2 Å². The highest BCUT2D eigenvalue weighted by Crippen LogP contribution is 2.29. The third kappa shape index (κ3) is 2.45. The maximum Gasteiger partial charge on any atom is 0.264 e. The van der Waals surface area contributed by atoms with Gasteiger partial charge in [-0.2, -0.15) is 0 Å². The predicted molar refractivity (Wildman–Crippen MR) is 73.2 cm³/mol. The molecule has 4 nitrogen and oxygen atoms in total. The van der Waals surface area contributed by atoms with Crippen molar-refractivity contribution >= 4 is 5.91 Å². The summed E-state index contributed by atoms with van der Waals surface area (Å²) in [6, 6.07) is 8.34. The molecule has 1 N–H and O–H groups in total. The molecular weight excluding hydrogens is 240 g/mol. The summed E-state index contributed by atoms with van der Waals surface area (Å²) in [7, 11) is 1.96. The molecule has 4 heteroatoms. The number of carbonyl (C=O) groups is 1. The van der Waals surface area contributed by atoms with Gasteiger partial charge in [0, 0.05) is 25.6 Å². The number of piperidine rings is 1. The molecule has 2 aliphatic heterocycles. The fourth-order valence-corrected chi connectivity index (χ4v) is 2.94. The van der Waals surface area contributed by atoms with Gasteiger partial charge in [0.15, 0.2) is 6.10 Å². The molecule has 2 heterocycles. The Morgan fingerprint density at radius 2 is 2.26 bits per heavy atom. The molecule has 1 aromatic carbocycles. The number of carbonyl (C=O) groups excluding carboxylic acids is 1. The molecule has 2 unspecified atom stereocenters. The highest BCUT2D eigenvalue weighted by molar-refractivity contribution is 5.82. The van der Waals surface area contributed by atoms with Crippen LogP contribution in [0.15, 0.2) is 24.3 Å². The Kier molecular flexibility index (Phi) is 3.42. The number of benzene rings is 1. The number of nitrogens with one attached hydrogen (secondary N) is 1. The van der Waals surface area contributed by atoms with E-state index in [-0.39, 0.29) is 12.0 Å². The summed E-state index contributed by atoms with van der Waals surface area (Å²) in [4.78, 5) is 14.4. The van der Waals surface area contributed by atoms with E-state index in [0.29, 0.717) is 12.5 Å². The molecule has 1 amide bonds. The lowest BCUT2D eigenvalue weighted by atomic mass is 10.0. The molecule has 0 bridgehead atoms. The van der Waals surface area contributed by atoms with Gasteiger partial charge in [-0.1, -0.05) is 18.2 Å². The van der Waals surface area contributed by atoms with Crippen molar-refractivity contribution in [2.75, 3.05) is 20.1 Å². The predicted octanol–water partition coefficient (Wildman–Crippen LogP) is 1.20. The molecule has 0 saturated carbocycles. The molecule has 1 saturated heterocycles. The lowest BCUT2D eigenvalue weighted by molar-refractivity contribution is -0.139. The summed E-state index contributed by atoms with van der Waals surface area (Å²) in [5.74, 6) is 0.999. The van der Waals surface area contributed by atoms with Crippen LogP contribution < -0.4 is 10.1 Å². The number of fused-ring (bicyclic) bond motifs is 1. The van der Waals surface area contributed by atoms with Crippen molar-refractivity contribution in [1.29, 1.82) is 0 Å². The number of likely N-dealkylation sites (tertiary alicyclic amines) is 1. The Bertz CT molecular complexity index is 450. The van der Waals surface area contributed by atoms with Crippen LogP contribution in [0.4, 0.5) is 0 Å². The van der Waals surface area contributed by atoms with Crippen LogP contribution in [0.5, 0.6) is 5.75 Å². The Morgan fingerprint density at radius 3 is 3.05 bits per heavy atom. The van der Waals surface area contributed by atoms with E-state index >= 15 is 0 Å². The monoisotopic (exact) mass is 260 g/mol. The zero-order valence-corrected chi connectivity index (χ0v) is 11.3. The summed E-state index contributed by atoms with van der Waals surface area (Å²) in [6.07, 6.45) is 2.59. The maximum atomic E-state index is 12.5. The Labute approximate surface area is 113 Å². The number of rotatable bonds is 2. The van der Waals surface area contributed by atoms with Crippen molar-refractivity contribution in [2.45, 2.75) is 31.4 Å². The quantitative estimate of drug-likeness (QED) is 0.869. The molecule has 102 valence electrons. The Morgan fingerprint density at radius 1 is 1.42 bits per heavy atom. The van der Waals surface area contributed by atoms with Crippen LogP contribution in [0.2, 0.25) is 0 Å².